The van der Waals surface area contributed by atoms with Crippen molar-refractivity contribution in [3.63, 3.8) is 0 Å². The number of unbranched alkanes of at least 4 members (excludes halogenated alkanes) is 4. The van der Waals surface area contributed by atoms with E-state index in [-0.39, 0.29) is 11.5 Å². The molecule has 0 spiro atoms. The van der Waals surface area contributed by atoms with Gasteiger partial charge in [0.15, 0.2) is 11.5 Å². The van der Waals surface area contributed by atoms with Gasteiger partial charge in [0.05, 0.1) is 10.8 Å². The van der Waals surface area contributed by atoms with Gasteiger partial charge < -0.3 is 20.4 Å². The molecule has 0 aromatic heterocycles. The average molecular weight is 419 g/mol. The summed E-state index contributed by atoms with van der Waals surface area (Å²) in [6.45, 7) is 0. The lowest BCUT2D eigenvalue weighted by Gasteiger charge is -2.12. The molecule has 2 fully saturated rings. The van der Waals surface area contributed by atoms with Crippen LogP contribution in [0.5, 0.6) is 11.5 Å². The molecule has 166 valence electrons. The van der Waals surface area contributed by atoms with Gasteiger partial charge >= 0.3 is 11.9 Å². The third-order valence-electron chi connectivity index (χ3n) is 7.14. The van der Waals surface area contributed by atoms with E-state index in [1.54, 1.807) is 0 Å². The molecule has 3 rings (SSSR count). The minimum Gasteiger partial charge on any atom is -0.504 e. The topological polar surface area (TPSA) is 115 Å². The van der Waals surface area contributed by atoms with Gasteiger partial charge in [0.1, 0.15) is 0 Å². The van der Waals surface area contributed by atoms with Crippen molar-refractivity contribution >= 4 is 11.9 Å². The molecule has 30 heavy (non-hydrogen) atoms. The van der Waals surface area contributed by atoms with E-state index in [1.807, 2.05) is 12.1 Å². The van der Waals surface area contributed by atoms with Crippen LogP contribution in [-0.2, 0) is 22.4 Å². The highest BCUT2D eigenvalue weighted by Gasteiger charge is 2.49. The molecule has 1 aromatic rings. The van der Waals surface area contributed by atoms with E-state index in [1.165, 1.54) is 0 Å². The van der Waals surface area contributed by atoms with Crippen molar-refractivity contribution in [3.05, 3.63) is 23.3 Å². The van der Waals surface area contributed by atoms with Crippen LogP contribution in [0.3, 0.4) is 0 Å². The van der Waals surface area contributed by atoms with Crippen LogP contribution in [0.15, 0.2) is 12.1 Å². The van der Waals surface area contributed by atoms with Gasteiger partial charge in [-0.25, -0.2) is 0 Å². The van der Waals surface area contributed by atoms with Crippen LogP contribution in [0.2, 0.25) is 0 Å². The van der Waals surface area contributed by atoms with E-state index in [9.17, 15) is 30.0 Å². The Hall–Kier alpha value is -2.24. The molecule has 0 aliphatic heterocycles. The number of carboxylic acids is 2. The van der Waals surface area contributed by atoms with Gasteiger partial charge in [-0.05, 0) is 75.3 Å². The van der Waals surface area contributed by atoms with Gasteiger partial charge in [-0.1, -0.05) is 37.8 Å². The summed E-state index contributed by atoms with van der Waals surface area (Å²) in [4.78, 5) is 22.4. The minimum atomic E-state index is -0.693. The van der Waals surface area contributed by atoms with E-state index < -0.39 is 22.8 Å². The fourth-order valence-electron chi connectivity index (χ4n) is 4.42. The second-order valence-corrected chi connectivity index (χ2v) is 9.37. The Kier molecular flexibility index (Phi) is 6.94. The highest BCUT2D eigenvalue weighted by molar-refractivity contribution is 5.78. The molecule has 0 unspecified atom stereocenters. The Morgan fingerprint density at radius 3 is 1.43 bits per heavy atom. The van der Waals surface area contributed by atoms with Crippen LogP contribution in [0.4, 0.5) is 0 Å². The van der Waals surface area contributed by atoms with Crippen molar-refractivity contribution < 1.29 is 30.0 Å². The van der Waals surface area contributed by atoms with Crippen LogP contribution in [0, 0.1) is 10.8 Å². The molecule has 0 saturated heterocycles. The van der Waals surface area contributed by atoms with E-state index in [4.69, 9.17) is 0 Å². The number of carboxylic acid groups (broad SMARTS) is 2. The Morgan fingerprint density at radius 1 is 0.667 bits per heavy atom. The fraction of sp³-hybridized carbons (Fsp3) is 0.667. The van der Waals surface area contributed by atoms with Gasteiger partial charge in [-0.15, -0.1) is 0 Å². The van der Waals surface area contributed by atoms with E-state index in [0.29, 0.717) is 24.8 Å². The molecule has 2 aliphatic carbocycles. The quantitative estimate of drug-likeness (QED) is 0.249. The standard InChI is InChI=1S/C24H34O6/c25-19-17(7-3-1-2-5-11-23(13-14-23)21(27)28)9-10-18(20(19)26)8-4-6-12-24(15-16-24)22(29)30/h9-10,25-26H,1-8,11-16H2,(H,27,28)(H,29,30). The third kappa shape index (κ3) is 5.27. The fourth-order valence-corrected chi connectivity index (χ4v) is 4.42. The second kappa shape index (κ2) is 9.27. The van der Waals surface area contributed by atoms with Crippen LogP contribution in [-0.4, -0.2) is 32.4 Å². The Labute approximate surface area is 177 Å². The maximum absolute atomic E-state index is 11.2. The number of phenolic OH excluding ortho intramolecular Hbond substituents is 2. The molecule has 2 aliphatic rings. The van der Waals surface area contributed by atoms with Crippen molar-refractivity contribution in [2.24, 2.45) is 10.8 Å². The molecule has 0 bridgehead atoms. The first-order chi connectivity index (χ1) is 14.3. The zero-order chi connectivity index (χ0) is 21.8. The predicted molar refractivity (Wildman–Crippen MR) is 113 cm³/mol. The molecule has 2 saturated carbocycles. The zero-order valence-corrected chi connectivity index (χ0v) is 17.7. The van der Waals surface area contributed by atoms with E-state index in [0.717, 1.165) is 76.2 Å². The normalized spacial score (nSPS) is 18.1. The van der Waals surface area contributed by atoms with Crippen LogP contribution in [0.25, 0.3) is 0 Å². The Morgan fingerprint density at radius 2 is 1.03 bits per heavy atom. The maximum atomic E-state index is 11.2. The summed E-state index contributed by atoms with van der Waals surface area (Å²) in [6.07, 6.45) is 11.3. The smallest absolute Gasteiger partial charge is 0.309 e. The van der Waals surface area contributed by atoms with Crippen LogP contribution in [0.1, 0.15) is 88.2 Å². The van der Waals surface area contributed by atoms with Gasteiger partial charge in [-0.2, -0.15) is 0 Å². The van der Waals surface area contributed by atoms with E-state index in [2.05, 4.69) is 0 Å². The lowest BCUT2D eigenvalue weighted by atomic mass is 9.95. The average Bonchev–Trinajstić information content (AvgIpc) is 3.61. The maximum Gasteiger partial charge on any atom is 0.309 e. The SMILES string of the molecule is O=C(O)C1(CCCCCCc2ccc(CCCCC3(C(=O)O)CC3)c(O)c2O)CC1. The summed E-state index contributed by atoms with van der Waals surface area (Å²) in [7, 11) is 0. The van der Waals surface area contributed by atoms with Crippen molar-refractivity contribution in [1.29, 1.82) is 0 Å². The zero-order valence-electron chi connectivity index (χ0n) is 17.7. The van der Waals surface area contributed by atoms with Gasteiger partial charge in [0.2, 0.25) is 0 Å². The molecule has 6 heteroatoms. The number of rotatable bonds is 14. The Balaban J connectivity index is 1.35. The summed E-state index contributed by atoms with van der Waals surface area (Å²) in [5.41, 5.74) is 0.510. The Bertz CT molecular complexity index is 776. The first-order valence-electron chi connectivity index (χ1n) is 11.3. The van der Waals surface area contributed by atoms with Gasteiger partial charge in [0.25, 0.3) is 0 Å². The molecular formula is C24H34O6. The molecule has 0 amide bonds. The number of phenols is 2. The highest BCUT2D eigenvalue weighted by atomic mass is 16.4. The monoisotopic (exact) mass is 418 g/mol. The second-order valence-electron chi connectivity index (χ2n) is 9.37. The molecule has 0 radical (unpaired) electrons. The summed E-state index contributed by atoms with van der Waals surface area (Å²) in [5, 5.41) is 39.1. The number of carbonyl (C=O) groups is 2. The predicted octanol–water partition coefficient (Wildman–Crippen LogP) is 5.03. The number of benzene rings is 1. The molecule has 1 aromatic carbocycles. The van der Waals surface area contributed by atoms with Crippen molar-refractivity contribution in [3.8, 4) is 11.5 Å². The molecule has 0 atom stereocenters. The van der Waals surface area contributed by atoms with Crippen LogP contribution >= 0.6 is 0 Å². The van der Waals surface area contributed by atoms with Gasteiger partial charge in [0, 0.05) is 0 Å². The third-order valence-corrected chi connectivity index (χ3v) is 7.14. The first kappa shape index (κ1) is 22.4. The lowest BCUT2D eigenvalue weighted by Crippen LogP contribution is -2.14. The minimum absolute atomic E-state index is 0.0421. The summed E-state index contributed by atoms with van der Waals surface area (Å²) >= 11 is 0. The molecule has 0 heterocycles. The summed E-state index contributed by atoms with van der Waals surface area (Å²) in [5.74, 6) is -1.44. The first-order valence-corrected chi connectivity index (χ1v) is 11.3. The number of hydrogen-bond acceptors (Lipinski definition) is 4. The van der Waals surface area contributed by atoms with Crippen molar-refractivity contribution in [2.75, 3.05) is 0 Å². The van der Waals surface area contributed by atoms with Crippen molar-refractivity contribution in [1.82, 2.24) is 0 Å². The van der Waals surface area contributed by atoms with Crippen LogP contribution < -0.4 is 0 Å². The van der Waals surface area contributed by atoms with Crippen molar-refractivity contribution in [2.45, 2.75) is 89.9 Å². The largest absolute Gasteiger partial charge is 0.504 e. The number of aromatic hydroxyl groups is 2. The summed E-state index contributed by atoms with van der Waals surface area (Å²) in [6, 6.07) is 3.73. The lowest BCUT2D eigenvalue weighted by molar-refractivity contribution is -0.144. The summed E-state index contributed by atoms with van der Waals surface area (Å²) < 4.78 is 0. The number of aryl methyl sites for hydroxylation is 2. The van der Waals surface area contributed by atoms with E-state index >= 15 is 0 Å². The number of aliphatic carboxylic acids is 2. The van der Waals surface area contributed by atoms with Gasteiger partial charge in [-0.3, -0.25) is 9.59 Å². The number of hydrogen-bond donors (Lipinski definition) is 4. The molecular weight excluding hydrogens is 384 g/mol. The molecule has 4 N–H and O–H groups in total. The highest BCUT2D eigenvalue weighted by Crippen LogP contribution is 2.51. The molecule has 6 nitrogen and oxygen atoms in total.